The predicted octanol–water partition coefficient (Wildman–Crippen LogP) is 1.51. The molecule has 0 aromatic rings. The van der Waals surface area contributed by atoms with Gasteiger partial charge in [-0.25, -0.2) is 0 Å². The summed E-state index contributed by atoms with van der Waals surface area (Å²) in [6.45, 7) is 16.0. The maximum Gasteiger partial charge on any atom is 0.311 e. The molecule has 0 aromatic carbocycles. The van der Waals surface area contributed by atoms with Crippen LogP contribution in [0.25, 0.3) is 0 Å². The van der Waals surface area contributed by atoms with E-state index in [2.05, 4.69) is 0 Å². The normalized spacial score (nSPS) is 49.1. The van der Waals surface area contributed by atoms with Gasteiger partial charge in [-0.2, -0.15) is 0 Å². The third kappa shape index (κ3) is 9.83. The van der Waals surface area contributed by atoms with Crippen LogP contribution in [0.3, 0.4) is 0 Å². The highest BCUT2D eigenvalue weighted by atomic mass is 16.7. The van der Waals surface area contributed by atoms with Crippen molar-refractivity contribution < 1.29 is 68.3 Å². The van der Waals surface area contributed by atoms with E-state index in [4.69, 9.17) is 33.2 Å². The standard InChI is InChI=1S/C37H67NO14/c1-14-25-37(10,45)30(41)23(7)49-32(42)18(2)16-35(8,44)31(52-34-27(39)24(38(11)12)15-19(3)47-34)20(4)28(21(5)33(43)50-25)51-26-17-36(9,46-13)29(40)22(6)48-26/h18-31,34,39-41,44-45H,14-17H2,1-13H3/t18-,19-,20+,21-,22+,23?,24+,25-,26+,27-,28+,29+,30-,31-,34+,35-,36-,37-/m1/s1. The van der Waals surface area contributed by atoms with Gasteiger partial charge in [0, 0.05) is 25.5 Å². The number of likely N-dealkylation sites (N-methyl/N-ethyl adjacent to an activating group) is 1. The first-order valence-corrected chi connectivity index (χ1v) is 18.6. The van der Waals surface area contributed by atoms with Crippen LogP contribution >= 0.6 is 0 Å². The fourth-order valence-corrected chi connectivity index (χ4v) is 8.12. The van der Waals surface area contributed by atoms with Crippen LogP contribution in [-0.2, 0) is 42.7 Å². The Labute approximate surface area is 309 Å². The maximum atomic E-state index is 14.1. The summed E-state index contributed by atoms with van der Waals surface area (Å²) in [4.78, 5) is 29.4. The summed E-state index contributed by atoms with van der Waals surface area (Å²) in [5, 5.41) is 57.4. The molecule has 15 nitrogen and oxygen atoms in total. The second kappa shape index (κ2) is 17.5. The highest BCUT2D eigenvalue weighted by molar-refractivity contribution is 5.73. The van der Waals surface area contributed by atoms with Crippen molar-refractivity contribution in [1.29, 1.82) is 0 Å². The lowest BCUT2D eigenvalue weighted by atomic mass is 9.77. The highest BCUT2D eigenvalue weighted by Crippen LogP contribution is 2.40. The van der Waals surface area contributed by atoms with E-state index in [0.717, 1.165) is 0 Å². The first-order chi connectivity index (χ1) is 23.9. The summed E-state index contributed by atoms with van der Waals surface area (Å²) in [6.07, 6.45) is -11.3. The fourth-order valence-electron chi connectivity index (χ4n) is 8.12. The molecule has 0 aliphatic carbocycles. The highest BCUT2D eigenvalue weighted by Gasteiger charge is 2.53. The summed E-state index contributed by atoms with van der Waals surface area (Å²) in [6, 6.07) is -0.340. The Bertz CT molecular complexity index is 1190. The lowest BCUT2D eigenvalue weighted by Crippen LogP contribution is -2.60. The van der Waals surface area contributed by atoms with Crippen LogP contribution in [0.1, 0.15) is 94.9 Å². The van der Waals surface area contributed by atoms with Crippen LogP contribution in [0.4, 0.5) is 0 Å². The number of aliphatic hydroxyl groups is 5. The first kappa shape index (κ1) is 44.9. The van der Waals surface area contributed by atoms with Gasteiger partial charge in [0.15, 0.2) is 12.6 Å². The van der Waals surface area contributed by atoms with Gasteiger partial charge in [0.05, 0.1) is 47.5 Å². The molecule has 52 heavy (non-hydrogen) atoms. The molecule has 3 aliphatic rings. The molecule has 1 unspecified atom stereocenters. The minimum atomic E-state index is -2.03. The van der Waals surface area contributed by atoms with Crippen molar-refractivity contribution in [2.75, 3.05) is 21.2 Å². The second-order valence-corrected chi connectivity index (χ2v) is 16.4. The summed E-state index contributed by atoms with van der Waals surface area (Å²) in [5.74, 6) is -4.45. The largest absolute Gasteiger partial charge is 0.460 e. The predicted molar refractivity (Wildman–Crippen MR) is 188 cm³/mol. The van der Waals surface area contributed by atoms with Crippen molar-refractivity contribution in [3.63, 3.8) is 0 Å². The van der Waals surface area contributed by atoms with Gasteiger partial charge in [-0.05, 0) is 81.8 Å². The van der Waals surface area contributed by atoms with Gasteiger partial charge in [-0.15, -0.1) is 0 Å². The average Bonchev–Trinajstić information content (AvgIpc) is 3.06. The minimum absolute atomic E-state index is 0.0770. The summed E-state index contributed by atoms with van der Waals surface area (Å²) in [7, 11) is 5.15. The van der Waals surface area contributed by atoms with E-state index in [1.165, 1.54) is 27.9 Å². The van der Waals surface area contributed by atoms with Crippen molar-refractivity contribution in [1.82, 2.24) is 4.90 Å². The molecule has 3 aliphatic heterocycles. The quantitative estimate of drug-likeness (QED) is 0.234. The summed E-state index contributed by atoms with van der Waals surface area (Å²) < 4.78 is 42.6. The number of nitrogens with zero attached hydrogens (tertiary/aromatic N) is 1. The van der Waals surface area contributed by atoms with Crippen molar-refractivity contribution in [2.45, 2.75) is 185 Å². The Morgan fingerprint density at radius 3 is 2.02 bits per heavy atom. The Hall–Kier alpha value is -1.50. The van der Waals surface area contributed by atoms with Crippen molar-refractivity contribution >= 4 is 11.9 Å². The molecular weight excluding hydrogens is 682 g/mol. The van der Waals surface area contributed by atoms with Gasteiger partial charge < -0.3 is 63.6 Å². The Balaban J connectivity index is 2.18. The molecule has 0 radical (unpaired) electrons. The number of hydrogen-bond donors (Lipinski definition) is 5. The zero-order chi connectivity index (χ0) is 39.7. The van der Waals surface area contributed by atoms with E-state index in [1.807, 2.05) is 25.9 Å². The number of carbonyl (C=O) groups is 2. The molecule has 5 N–H and O–H groups in total. The van der Waals surface area contributed by atoms with Crippen LogP contribution < -0.4 is 0 Å². The molecule has 15 heteroatoms. The zero-order valence-electron chi connectivity index (χ0n) is 33.3. The van der Waals surface area contributed by atoms with E-state index in [9.17, 15) is 35.1 Å². The second-order valence-electron chi connectivity index (χ2n) is 16.4. The topological polar surface area (TPSA) is 203 Å². The van der Waals surface area contributed by atoms with E-state index < -0.39 is 108 Å². The van der Waals surface area contributed by atoms with E-state index in [1.54, 1.807) is 41.5 Å². The van der Waals surface area contributed by atoms with Gasteiger partial charge in [-0.1, -0.05) is 20.8 Å². The van der Waals surface area contributed by atoms with Crippen LogP contribution in [0.2, 0.25) is 0 Å². The lowest BCUT2D eigenvalue weighted by molar-refractivity contribution is -0.317. The zero-order valence-corrected chi connectivity index (χ0v) is 33.3. The van der Waals surface area contributed by atoms with Crippen LogP contribution in [0.15, 0.2) is 0 Å². The van der Waals surface area contributed by atoms with E-state index >= 15 is 0 Å². The van der Waals surface area contributed by atoms with Crippen molar-refractivity contribution in [2.24, 2.45) is 17.8 Å². The molecule has 3 saturated heterocycles. The van der Waals surface area contributed by atoms with Crippen molar-refractivity contribution in [3.8, 4) is 0 Å². The monoisotopic (exact) mass is 749 g/mol. The van der Waals surface area contributed by atoms with Crippen LogP contribution in [0, 0.1) is 17.8 Å². The van der Waals surface area contributed by atoms with Crippen LogP contribution in [-0.4, -0.2) is 154 Å². The van der Waals surface area contributed by atoms with Gasteiger partial charge in [-0.3, -0.25) is 9.59 Å². The van der Waals surface area contributed by atoms with E-state index in [-0.39, 0.29) is 31.4 Å². The molecule has 304 valence electrons. The summed E-state index contributed by atoms with van der Waals surface area (Å²) >= 11 is 0. The number of esters is 2. The number of cyclic esters (lactones) is 2. The minimum Gasteiger partial charge on any atom is -0.460 e. The number of methoxy groups -OCH3 is 1. The number of aliphatic hydroxyl groups excluding tert-OH is 3. The molecule has 3 fully saturated rings. The third-order valence-corrected chi connectivity index (χ3v) is 11.6. The number of hydrogen-bond acceptors (Lipinski definition) is 15. The average molecular weight is 750 g/mol. The van der Waals surface area contributed by atoms with Gasteiger partial charge >= 0.3 is 11.9 Å². The maximum absolute atomic E-state index is 14.1. The number of ether oxygens (including phenoxy) is 7. The Kier molecular flexibility index (Phi) is 15.1. The Morgan fingerprint density at radius 1 is 0.846 bits per heavy atom. The molecule has 0 saturated carbocycles. The molecule has 18 atom stereocenters. The van der Waals surface area contributed by atoms with E-state index in [0.29, 0.717) is 6.42 Å². The SMILES string of the molecule is CC[C@H]1OC(=O)[C@H](C)[C@@H](O[C@H]2C[C@@](C)(OC)[C@@H](O)[C@H](C)O2)[C@H](C)[C@@H](O[C@@H]2O[C@H](C)C[C@H](N(C)C)[C@H]2O)[C@](C)(O)C[C@@H](C)C(=O)OC(C)[C@@H](O)[C@]1(C)O. The molecule has 3 heterocycles. The molecule has 3 rings (SSSR count). The van der Waals surface area contributed by atoms with Gasteiger partial charge in [0.1, 0.15) is 36.1 Å². The smallest absolute Gasteiger partial charge is 0.311 e. The van der Waals surface area contributed by atoms with Gasteiger partial charge in [0.2, 0.25) is 0 Å². The fraction of sp³-hybridized carbons (Fsp3) is 0.946. The van der Waals surface area contributed by atoms with Crippen LogP contribution in [0.5, 0.6) is 0 Å². The molecule has 0 spiro atoms. The molecular formula is C37H67NO14. The Morgan fingerprint density at radius 2 is 1.46 bits per heavy atom. The number of carbonyl (C=O) groups excluding carboxylic acids is 2. The summed E-state index contributed by atoms with van der Waals surface area (Å²) in [5.41, 5.74) is -4.93. The number of rotatable bonds is 7. The molecule has 0 amide bonds. The first-order valence-electron chi connectivity index (χ1n) is 18.6. The lowest BCUT2D eigenvalue weighted by Gasteiger charge is -2.48. The van der Waals surface area contributed by atoms with Crippen molar-refractivity contribution in [3.05, 3.63) is 0 Å². The molecule has 0 bridgehead atoms. The third-order valence-electron chi connectivity index (χ3n) is 11.6. The van der Waals surface area contributed by atoms with Gasteiger partial charge in [0.25, 0.3) is 0 Å². The molecule has 0 aromatic heterocycles.